The molecule has 0 aliphatic carbocycles. The van der Waals surface area contributed by atoms with Crippen molar-refractivity contribution >= 4 is 17.5 Å². The Hall–Kier alpha value is -3.14. The monoisotopic (exact) mass is 470 g/mol. The van der Waals surface area contributed by atoms with Crippen LogP contribution in [-0.2, 0) is 17.5 Å². The van der Waals surface area contributed by atoms with Gasteiger partial charge in [-0.1, -0.05) is 38.4 Å². The number of hydrogen-bond acceptors (Lipinski definition) is 3. The molecule has 170 valence electrons. The molecule has 11 heteroatoms. The van der Waals surface area contributed by atoms with E-state index in [0.29, 0.717) is 23.3 Å². The van der Waals surface area contributed by atoms with E-state index in [9.17, 15) is 27.2 Å². The quantitative estimate of drug-likeness (QED) is 0.542. The minimum atomic E-state index is -4.86. The fourth-order valence-electron chi connectivity index (χ4n) is 2.80. The number of nitrogens with one attached hydrogen (secondary N) is 2. The molecular formula is C21H19ClF4N4O2. The third kappa shape index (κ3) is 5.01. The number of aromatic amines is 1. The molecule has 1 aromatic heterocycles. The Kier molecular flexibility index (Phi) is 6.19. The lowest BCUT2D eigenvalue weighted by Crippen LogP contribution is -2.34. The molecule has 3 rings (SSSR count). The molecule has 1 heterocycles. The number of alkyl halides is 3. The van der Waals surface area contributed by atoms with Crippen LogP contribution in [0.25, 0.3) is 17.1 Å². The summed E-state index contributed by atoms with van der Waals surface area (Å²) in [4.78, 5) is 26.9. The number of amides is 1. The summed E-state index contributed by atoms with van der Waals surface area (Å²) in [6, 6.07) is 6.92. The van der Waals surface area contributed by atoms with Crippen molar-refractivity contribution in [2.75, 3.05) is 0 Å². The molecule has 0 atom stereocenters. The molecule has 2 aromatic carbocycles. The maximum absolute atomic E-state index is 13.9. The zero-order valence-corrected chi connectivity index (χ0v) is 18.0. The zero-order chi connectivity index (χ0) is 23.8. The van der Waals surface area contributed by atoms with Gasteiger partial charge in [0.2, 0.25) is 5.91 Å². The number of carbonyl (C=O) groups excluding carboxylic acids is 1. The highest BCUT2D eigenvalue weighted by Gasteiger charge is 2.34. The van der Waals surface area contributed by atoms with Crippen LogP contribution >= 0.6 is 11.6 Å². The van der Waals surface area contributed by atoms with E-state index < -0.39 is 28.7 Å². The first kappa shape index (κ1) is 23.5. The van der Waals surface area contributed by atoms with Gasteiger partial charge < -0.3 is 5.32 Å². The van der Waals surface area contributed by atoms with Gasteiger partial charge in [-0.05, 0) is 29.8 Å². The van der Waals surface area contributed by atoms with E-state index in [1.807, 2.05) is 0 Å². The number of aromatic nitrogens is 3. The zero-order valence-electron chi connectivity index (χ0n) is 17.3. The van der Waals surface area contributed by atoms with Gasteiger partial charge in [-0.3, -0.25) is 9.78 Å². The largest absolute Gasteiger partial charge is 0.419 e. The standard InChI is InChI=1S/C21H19ClF4N4O2/c1-20(2,3)18(31)27-10-11-4-7-15(22)13(8-11)17-28-19(32)30(29-17)12-5-6-14(16(23)9-12)21(24,25)26/h4-9H,10H2,1-3H3,(H,27,31)(H,28,29,32). The molecule has 0 bridgehead atoms. The number of halogens is 5. The molecule has 2 N–H and O–H groups in total. The molecule has 0 spiro atoms. The van der Waals surface area contributed by atoms with E-state index in [2.05, 4.69) is 15.4 Å². The number of benzene rings is 2. The summed E-state index contributed by atoms with van der Waals surface area (Å²) in [5.74, 6) is -1.65. The number of carbonyl (C=O) groups is 1. The highest BCUT2D eigenvalue weighted by atomic mass is 35.5. The SMILES string of the molecule is CC(C)(C)C(=O)NCc1ccc(Cl)c(-c2nn(-c3ccc(C(F)(F)F)c(F)c3)c(=O)[nH]2)c1. The number of hydrogen-bond donors (Lipinski definition) is 2. The van der Waals surface area contributed by atoms with Crippen molar-refractivity contribution in [2.45, 2.75) is 33.5 Å². The Morgan fingerprint density at radius 3 is 2.44 bits per heavy atom. The second kappa shape index (κ2) is 8.42. The molecule has 3 aromatic rings. The van der Waals surface area contributed by atoms with Crippen LogP contribution in [0.1, 0.15) is 31.9 Å². The Morgan fingerprint density at radius 2 is 1.84 bits per heavy atom. The molecule has 0 aliphatic heterocycles. The van der Waals surface area contributed by atoms with E-state index in [0.717, 1.165) is 10.7 Å². The molecule has 1 amide bonds. The maximum Gasteiger partial charge on any atom is 0.419 e. The summed E-state index contributed by atoms with van der Waals surface area (Å²) < 4.78 is 53.0. The summed E-state index contributed by atoms with van der Waals surface area (Å²) in [6.07, 6.45) is -4.86. The third-order valence-corrected chi connectivity index (χ3v) is 4.87. The molecule has 0 aliphatic rings. The fourth-order valence-corrected chi connectivity index (χ4v) is 3.00. The van der Waals surface area contributed by atoms with Gasteiger partial charge in [0.1, 0.15) is 5.82 Å². The predicted octanol–water partition coefficient (Wildman–Crippen LogP) is 4.70. The molecule has 32 heavy (non-hydrogen) atoms. The first-order valence-electron chi connectivity index (χ1n) is 9.41. The van der Waals surface area contributed by atoms with Gasteiger partial charge in [0.15, 0.2) is 5.82 Å². The lowest BCUT2D eigenvalue weighted by molar-refractivity contribution is -0.140. The van der Waals surface area contributed by atoms with Crippen molar-refractivity contribution in [3.63, 3.8) is 0 Å². The predicted molar refractivity (Wildman–Crippen MR) is 111 cm³/mol. The fraction of sp³-hybridized carbons (Fsp3) is 0.286. The Bertz CT molecular complexity index is 1230. The molecule has 0 saturated heterocycles. The van der Waals surface area contributed by atoms with Crippen LogP contribution in [0.3, 0.4) is 0 Å². The lowest BCUT2D eigenvalue weighted by atomic mass is 9.95. The summed E-state index contributed by atoms with van der Waals surface area (Å²) in [5.41, 5.74) is -1.99. The van der Waals surface area contributed by atoms with E-state index in [4.69, 9.17) is 11.6 Å². The van der Waals surface area contributed by atoms with E-state index in [-0.39, 0.29) is 29.0 Å². The smallest absolute Gasteiger partial charge is 0.352 e. The van der Waals surface area contributed by atoms with Crippen LogP contribution in [0.5, 0.6) is 0 Å². The second-order valence-electron chi connectivity index (χ2n) is 8.10. The Labute approximate surface area is 185 Å². The van der Waals surface area contributed by atoms with Crippen LogP contribution in [0.2, 0.25) is 5.02 Å². The van der Waals surface area contributed by atoms with Crippen LogP contribution in [0.15, 0.2) is 41.2 Å². The average Bonchev–Trinajstić information content (AvgIpc) is 3.06. The minimum absolute atomic E-state index is 0.0318. The molecule has 0 unspecified atom stereocenters. The number of rotatable bonds is 4. The third-order valence-electron chi connectivity index (χ3n) is 4.54. The van der Waals surface area contributed by atoms with Crippen molar-refractivity contribution in [3.8, 4) is 17.1 Å². The highest BCUT2D eigenvalue weighted by Crippen LogP contribution is 2.32. The maximum atomic E-state index is 13.9. The van der Waals surface area contributed by atoms with Crippen molar-refractivity contribution in [2.24, 2.45) is 5.41 Å². The van der Waals surface area contributed by atoms with Crippen molar-refractivity contribution in [1.29, 1.82) is 0 Å². The van der Waals surface area contributed by atoms with Gasteiger partial charge in [0.25, 0.3) is 0 Å². The van der Waals surface area contributed by atoms with Gasteiger partial charge in [0.05, 0.1) is 16.3 Å². The Balaban J connectivity index is 1.93. The molecule has 0 saturated carbocycles. The van der Waals surface area contributed by atoms with Gasteiger partial charge in [0, 0.05) is 23.6 Å². The Morgan fingerprint density at radius 1 is 1.16 bits per heavy atom. The van der Waals surface area contributed by atoms with Gasteiger partial charge in [-0.25, -0.2) is 9.18 Å². The van der Waals surface area contributed by atoms with Crippen LogP contribution in [0, 0.1) is 11.2 Å². The van der Waals surface area contributed by atoms with E-state index in [1.54, 1.807) is 39.0 Å². The van der Waals surface area contributed by atoms with E-state index >= 15 is 0 Å². The lowest BCUT2D eigenvalue weighted by Gasteiger charge is -2.17. The normalized spacial score (nSPS) is 12.1. The molecule has 0 radical (unpaired) electrons. The minimum Gasteiger partial charge on any atom is -0.352 e. The van der Waals surface area contributed by atoms with Gasteiger partial charge >= 0.3 is 11.9 Å². The number of nitrogens with zero attached hydrogens (tertiary/aromatic N) is 2. The summed E-state index contributed by atoms with van der Waals surface area (Å²) in [5, 5.41) is 7.08. The molecule has 0 fully saturated rings. The van der Waals surface area contributed by atoms with Crippen molar-refractivity contribution in [1.82, 2.24) is 20.1 Å². The first-order valence-corrected chi connectivity index (χ1v) is 9.79. The summed E-state index contributed by atoms with van der Waals surface area (Å²) in [6.45, 7) is 5.53. The average molecular weight is 471 g/mol. The van der Waals surface area contributed by atoms with E-state index in [1.165, 1.54) is 0 Å². The molecular weight excluding hydrogens is 452 g/mol. The first-order chi connectivity index (χ1) is 14.8. The summed E-state index contributed by atoms with van der Waals surface area (Å²) in [7, 11) is 0. The van der Waals surface area contributed by atoms with Gasteiger partial charge in [-0.2, -0.15) is 17.9 Å². The van der Waals surface area contributed by atoms with Crippen LogP contribution in [0.4, 0.5) is 17.6 Å². The van der Waals surface area contributed by atoms with Gasteiger partial charge in [-0.15, -0.1) is 5.10 Å². The van der Waals surface area contributed by atoms with Crippen molar-refractivity contribution in [3.05, 3.63) is 68.8 Å². The topological polar surface area (TPSA) is 79.8 Å². The summed E-state index contributed by atoms with van der Waals surface area (Å²) >= 11 is 6.23. The second-order valence-corrected chi connectivity index (χ2v) is 8.51. The van der Waals surface area contributed by atoms with Crippen molar-refractivity contribution < 1.29 is 22.4 Å². The van der Waals surface area contributed by atoms with Crippen LogP contribution in [-0.4, -0.2) is 20.7 Å². The van der Waals surface area contributed by atoms with Crippen LogP contribution < -0.4 is 11.0 Å². The number of H-pyrrole nitrogens is 1. The highest BCUT2D eigenvalue weighted by molar-refractivity contribution is 6.33. The molecule has 6 nitrogen and oxygen atoms in total.